The van der Waals surface area contributed by atoms with E-state index in [2.05, 4.69) is 32.9 Å². The summed E-state index contributed by atoms with van der Waals surface area (Å²) < 4.78 is 36.2. The highest BCUT2D eigenvalue weighted by atomic mass is 19.3. The molecule has 0 saturated heterocycles. The summed E-state index contributed by atoms with van der Waals surface area (Å²) in [4.78, 5) is 0. The minimum atomic E-state index is -3.40. The molecule has 3 heteroatoms. The van der Waals surface area contributed by atoms with Crippen LogP contribution in [0.25, 0.3) is 0 Å². The van der Waals surface area contributed by atoms with E-state index in [0.717, 1.165) is 56.1 Å². The summed E-state index contributed by atoms with van der Waals surface area (Å²) in [6.07, 6.45) is 18.3. The van der Waals surface area contributed by atoms with Crippen LogP contribution in [0.2, 0.25) is 0 Å². The smallest absolute Gasteiger partial charge is 0.426 e. The Morgan fingerprint density at radius 1 is 0.742 bits per heavy atom. The van der Waals surface area contributed by atoms with Crippen LogP contribution in [0, 0.1) is 10.8 Å². The Morgan fingerprint density at radius 2 is 1.29 bits per heavy atom. The van der Waals surface area contributed by atoms with Gasteiger partial charge in [0, 0.05) is 10.8 Å². The SMILES string of the molecule is CCCCCC1(C)C=C(C)C=CC(OC(F)(F)C2=CC(C)(CCCC)C=C(C)C=C2)=C1. The summed E-state index contributed by atoms with van der Waals surface area (Å²) >= 11 is 0. The van der Waals surface area contributed by atoms with Crippen molar-refractivity contribution in [2.45, 2.75) is 92.6 Å². The normalized spacial score (nSPS) is 26.5. The predicted molar refractivity (Wildman–Crippen MR) is 128 cm³/mol. The first-order valence-corrected chi connectivity index (χ1v) is 11.8. The van der Waals surface area contributed by atoms with Gasteiger partial charge in [-0.3, -0.25) is 0 Å². The Balaban J connectivity index is 2.31. The molecular weight excluding hydrogens is 390 g/mol. The lowest BCUT2D eigenvalue weighted by atomic mass is 9.82. The summed E-state index contributed by atoms with van der Waals surface area (Å²) in [6.45, 7) is 12.4. The largest absolute Gasteiger partial charge is 0.429 e. The molecule has 0 saturated carbocycles. The van der Waals surface area contributed by atoms with E-state index in [1.807, 2.05) is 32.9 Å². The van der Waals surface area contributed by atoms with Crippen molar-refractivity contribution < 1.29 is 13.5 Å². The van der Waals surface area contributed by atoms with Gasteiger partial charge in [0.2, 0.25) is 0 Å². The van der Waals surface area contributed by atoms with Gasteiger partial charge < -0.3 is 4.74 Å². The Bertz CT molecular complexity index is 809. The zero-order valence-electron chi connectivity index (χ0n) is 20.2. The van der Waals surface area contributed by atoms with Crippen LogP contribution in [0.5, 0.6) is 0 Å². The monoisotopic (exact) mass is 430 g/mol. The topological polar surface area (TPSA) is 9.23 Å². The zero-order chi connectivity index (χ0) is 23.1. The molecule has 2 atom stereocenters. The van der Waals surface area contributed by atoms with Crippen molar-refractivity contribution in [3.8, 4) is 0 Å². The van der Waals surface area contributed by atoms with Gasteiger partial charge >= 0.3 is 6.11 Å². The van der Waals surface area contributed by atoms with Crippen LogP contribution >= 0.6 is 0 Å². The van der Waals surface area contributed by atoms with Crippen LogP contribution in [0.4, 0.5) is 8.78 Å². The Hall–Kier alpha value is -1.90. The molecule has 0 aromatic carbocycles. The second-order valence-corrected chi connectivity index (χ2v) is 9.78. The average molecular weight is 431 g/mol. The second kappa shape index (κ2) is 10.6. The summed E-state index contributed by atoms with van der Waals surface area (Å²) in [5, 5.41) is 0. The van der Waals surface area contributed by atoms with Crippen molar-refractivity contribution >= 4 is 0 Å². The maximum Gasteiger partial charge on any atom is 0.426 e. The number of hydrogen-bond donors (Lipinski definition) is 0. The molecule has 0 fully saturated rings. The zero-order valence-corrected chi connectivity index (χ0v) is 20.2. The van der Waals surface area contributed by atoms with Crippen molar-refractivity contribution in [1.82, 2.24) is 0 Å². The van der Waals surface area contributed by atoms with E-state index < -0.39 is 11.5 Å². The van der Waals surface area contributed by atoms with Gasteiger partial charge in [-0.15, -0.1) is 0 Å². The molecule has 0 heterocycles. The standard InChI is InChI=1S/C28H40F2O/c1-7-9-11-17-27(6)19-23(4)13-15-25(21-27)31-28(29,30)24-14-12-22(3)18-26(5,20-24)16-10-8-2/h12-15,18-21H,7-11,16-17H2,1-6H3. The first kappa shape index (κ1) is 25.4. The maximum absolute atomic E-state index is 15.4. The number of alkyl halides is 2. The van der Waals surface area contributed by atoms with Gasteiger partial charge in [-0.2, -0.15) is 8.78 Å². The van der Waals surface area contributed by atoms with Crippen LogP contribution in [0.15, 0.2) is 71.1 Å². The number of halogens is 2. The summed E-state index contributed by atoms with van der Waals surface area (Å²) in [5.41, 5.74) is 1.28. The van der Waals surface area contributed by atoms with Crippen LogP contribution in [-0.2, 0) is 4.74 Å². The molecule has 1 nitrogen and oxygen atoms in total. The molecule has 0 aliphatic heterocycles. The summed E-state index contributed by atoms with van der Waals surface area (Å²) in [5.74, 6) is 0.232. The van der Waals surface area contributed by atoms with Crippen LogP contribution in [0.1, 0.15) is 86.5 Å². The number of rotatable bonds is 10. The molecule has 0 bridgehead atoms. The fourth-order valence-electron chi connectivity index (χ4n) is 4.48. The van der Waals surface area contributed by atoms with Crippen molar-refractivity contribution in [2.75, 3.05) is 0 Å². The van der Waals surface area contributed by atoms with E-state index in [4.69, 9.17) is 4.74 Å². The van der Waals surface area contributed by atoms with E-state index in [1.165, 1.54) is 6.08 Å². The average Bonchev–Trinajstić information content (AvgIpc) is 2.91. The fourth-order valence-corrected chi connectivity index (χ4v) is 4.48. The predicted octanol–water partition coefficient (Wildman–Crippen LogP) is 9.22. The minimum absolute atomic E-state index is 0.0740. The molecule has 0 radical (unpaired) electrons. The van der Waals surface area contributed by atoms with Gasteiger partial charge in [0.25, 0.3) is 0 Å². The first-order chi connectivity index (χ1) is 14.5. The van der Waals surface area contributed by atoms with Gasteiger partial charge in [0.1, 0.15) is 5.76 Å². The molecule has 2 aliphatic carbocycles. The molecular formula is C28H40F2O. The van der Waals surface area contributed by atoms with Crippen LogP contribution < -0.4 is 0 Å². The molecule has 2 unspecified atom stereocenters. The van der Waals surface area contributed by atoms with Gasteiger partial charge in [-0.05, 0) is 44.9 Å². The van der Waals surface area contributed by atoms with Crippen molar-refractivity contribution in [2.24, 2.45) is 10.8 Å². The molecule has 0 amide bonds. The number of unbranched alkanes of at least 4 members (excludes halogenated alkanes) is 3. The number of ether oxygens (including phenoxy) is 1. The molecule has 31 heavy (non-hydrogen) atoms. The molecule has 2 rings (SSSR count). The lowest BCUT2D eigenvalue weighted by molar-refractivity contribution is -0.177. The molecule has 0 N–H and O–H groups in total. The maximum atomic E-state index is 15.4. The number of hydrogen-bond acceptors (Lipinski definition) is 1. The second-order valence-electron chi connectivity index (χ2n) is 9.78. The van der Waals surface area contributed by atoms with Crippen LogP contribution in [-0.4, -0.2) is 6.11 Å². The van der Waals surface area contributed by atoms with Gasteiger partial charge in [-0.1, -0.05) is 101 Å². The van der Waals surface area contributed by atoms with Gasteiger partial charge in [0.05, 0.1) is 5.57 Å². The van der Waals surface area contributed by atoms with Crippen molar-refractivity contribution in [3.05, 3.63) is 71.1 Å². The number of allylic oxidation sites excluding steroid dienone is 9. The third kappa shape index (κ3) is 7.63. The fraction of sp³-hybridized carbons (Fsp3) is 0.571. The summed E-state index contributed by atoms with van der Waals surface area (Å²) in [6, 6.07) is 0. The molecule has 0 aromatic heterocycles. The van der Waals surface area contributed by atoms with Crippen molar-refractivity contribution in [3.63, 3.8) is 0 Å². The lowest BCUT2D eigenvalue weighted by Crippen LogP contribution is -2.25. The highest BCUT2D eigenvalue weighted by molar-refractivity contribution is 5.39. The van der Waals surface area contributed by atoms with Crippen LogP contribution in [0.3, 0.4) is 0 Å². The highest BCUT2D eigenvalue weighted by Gasteiger charge is 2.39. The molecule has 0 spiro atoms. The molecule has 2 aliphatic rings. The third-order valence-electron chi connectivity index (χ3n) is 6.08. The van der Waals surface area contributed by atoms with E-state index in [0.29, 0.717) is 0 Å². The Labute approximate surface area is 188 Å². The first-order valence-electron chi connectivity index (χ1n) is 11.8. The Kier molecular flexibility index (Phi) is 8.68. The lowest BCUT2D eigenvalue weighted by Gasteiger charge is -2.27. The van der Waals surface area contributed by atoms with E-state index in [9.17, 15) is 0 Å². The van der Waals surface area contributed by atoms with Crippen molar-refractivity contribution in [1.29, 1.82) is 0 Å². The summed E-state index contributed by atoms with van der Waals surface area (Å²) in [7, 11) is 0. The van der Waals surface area contributed by atoms with Gasteiger partial charge in [-0.25, -0.2) is 0 Å². The highest BCUT2D eigenvalue weighted by Crippen LogP contribution is 2.40. The van der Waals surface area contributed by atoms with E-state index >= 15 is 8.78 Å². The van der Waals surface area contributed by atoms with E-state index in [1.54, 1.807) is 18.2 Å². The van der Waals surface area contributed by atoms with E-state index in [-0.39, 0.29) is 16.7 Å². The molecule has 0 aromatic rings. The quantitative estimate of drug-likeness (QED) is 0.314. The third-order valence-corrected chi connectivity index (χ3v) is 6.08. The Morgan fingerprint density at radius 3 is 1.90 bits per heavy atom. The molecule has 172 valence electrons. The van der Waals surface area contributed by atoms with Gasteiger partial charge in [0.15, 0.2) is 0 Å². The minimum Gasteiger partial charge on any atom is -0.429 e.